The average molecular weight is 260 g/mol. The standard InChI is InChI=1S/C13H12N2O4/c1-7(13(18)19)14-12(17)10-6-8-4-2-3-5-9(8)11(16)15-10/h2-7H,1H3,(H,14,17)(H,15,16)(H,18,19)/t7-/m1/s1. The van der Waals surface area contributed by atoms with Gasteiger partial charge in [-0.25, -0.2) is 0 Å². The molecule has 0 unspecified atom stereocenters. The Morgan fingerprint density at radius 2 is 2.00 bits per heavy atom. The van der Waals surface area contributed by atoms with E-state index in [2.05, 4.69) is 10.3 Å². The number of hydrogen-bond donors (Lipinski definition) is 3. The molecule has 0 bridgehead atoms. The first kappa shape index (κ1) is 12.8. The number of aromatic amines is 1. The Morgan fingerprint density at radius 3 is 2.68 bits per heavy atom. The number of H-pyrrole nitrogens is 1. The van der Waals surface area contributed by atoms with Gasteiger partial charge in [0.2, 0.25) is 0 Å². The van der Waals surface area contributed by atoms with Crippen LogP contribution in [0.5, 0.6) is 0 Å². The summed E-state index contributed by atoms with van der Waals surface area (Å²) in [6.45, 7) is 1.35. The molecule has 3 N–H and O–H groups in total. The largest absolute Gasteiger partial charge is 0.480 e. The van der Waals surface area contributed by atoms with E-state index in [1.165, 1.54) is 13.0 Å². The number of carboxylic acids is 1. The Morgan fingerprint density at radius 1 is 1.32 bits per heavy atom. The second kappa shape index (κ2) is 4.93. The number of carbonyl (C=O) groups is 2. The van der Waals surface area contributed by atoms with Crippen LogP contribution >= 0.6 is 0 Å². The summed E-state index contributed by atoms with van der Waals surface area (Å²) >= 11 is 0. The molecule has 0 aliphatic rings. The fourth-order valence-electron chi connectivity index (χ4n) is 1.67. The summed E-state index contributed by atoms with van der Waals surface area (Å²) in [7, 11) is 0. The number of fused-ring (bicyclic) bond motifs is 1. The summed E-state index contributed by atoms with van der Waals surface area (Å²) in [5.74, 6) is -1.77. The third-order valence-electron chi connectivity index (χ3n) is 2.72. The third-order valence-corrected chi connectivity index (χ3v) is 2.72. The maximum Gasteiger partial charge on any atom is 0.325 e. The van der Waals surface area contributed by atoms with Gasteiger partial charge in [0.05, 0.1) is 0 Å². The molecule has 0 saturated carbocycles. The van der Waals surface area contributed by atoms with Crippen molar-refractivity contribution in [2.24, 2.45) is 0 Å². The zero-order chi connectivity index (χ0) is 14.0. The van der Waals surface area contributed by atoms with Gasteiger partial charge in [-0.3, -0.25) is 14.4 Å². The van der Waals surface area contributed by atoms with Gasteiger partial charge in [-0.05, 0) is 24.4 Å². The van der Waals surface area contributed by atoms with Crippen LogP contribution in [0.3, 0.4) is 0 Å². The second-order valence-electron chi connectivity index (χ2n) is 4.13. The zero-order valence-electron chi connectivity index (χ0n) is 10.1. The minimum Gasteiger partial charge on any atom is -0.480 e. The first-order chi connectivity index (χ1) is 8.99. The molecular weight excluding hydrogens is 248 g/mol. The Hall–Kier alpha value is -2.63. The monoisotopic (exact) mass is 260 g/mol. The Labute approximate surface area is 108 Å². The highest BCUT2D eigenvalue weighted by Crippen LogP contribution is 2.09. The van der Waals surface area contributed by atoms with Crippen LogP contribution < -0.4 is 10.9 Å². The number of aromatic nitrogens is 1. The van der Waals surface area contributed by atoms with Gasteiger partial charge in [-0.1, -0.05) is 18.2 Å². The minimum absolute atomic E-state index is 0.0387. The molecule has 0 aliphatic carbocycles. The van der Waals surface area contributed by atoms with E-state index in [1.807, 2.05) is 0 Å². The fraction of sp³-hybridized carbons (Fsp3) is 0.154. The van der Waals surface area contributed by atoms with E-state index in [4.69, 9.17) is 5.11 Å². The molecule has 19 heavy (non-hydrogen) atoms. The number of nitrogens with one attached hydrogen (secondary N) is 2. The molecule has 98 valence electrons. The highest BCUT2D eigenvalue weighted by atomic mass is 16.4. The first-order valence-electron chi connectivity index (χ1n) is 5.65. The van der Waals surface area contributed by atoms with Gasteiger partial charge in [0.25, 0.3) is 11.5 Å². The predicted octanol–water partition coefficient (Wildman–Crippen LogP) is 0.731. The Balaban J connectivity index is 2.38. The van der Waals surface area contributed by atoms with Gasteiger partial charge >= 0.3 is 5.97 Å². The number of carboxylic acid groups (broad SMARTS) is 1. The number of hydrogen-bond acceptors (Lipinski definition) is 3. The van der Waals surface area contributed by atoms with E-state index in [9.17, 15) is 14.4 Å². The van der Waals surface area contributed by atoms with Crippen molar-refractivity contribution in [2.45, 2.75) is 13.0 Å². The molecule has 6 nitrogen and oxygen atoms in total. The molecule has 0 spiro atoms. The lowest BCUT2D eigenvalue weighted by molar-refractivity contribution is -0.138. The van der Waals surface area contributed by atoms with Crippen molar-refractivity contribution in [3.05, 3.63) is 46.4 Å². The quantitative estimate of drug-likeness (QED) is 0.757. The zero-order valence-corrected chi connectivity index (χ0v) is 10.1. The van der Waals surface area contributed by atoms with Crippen LogP contribution in [0, 0.1) is 0 Å². The number of carbonyl (C=O) groups excluding carboxylic acids is 1. The van der Waals surface area contributed by atoms with Crippen LogP contribution in [0.15, 0.2) is 35.1 Å². The Bertz CT molecular complexity index is 705. The smallest absolute Gasteiger partial charge is 0.325 e. The lowest BCUT2D eigenvalue weighted by atomic mass is 10.1. The van der Waals surface area contributed by atoms with Crippen LogP contribution in [0.2, 0.25) is 0 Å². The van der Waals surface area contributed by atoms with E-state index in [1.54, 1.807) is 24.3 Å². The van der Waals surface area contributed by atoms with Crippen molar-refractivity contribution in [2.75, 3.05) is 0 Å². The second-order valence-corrected chi connectivity index (χ2v) is 4.13. The van der Waals surface area contributed by atoms with E-state index in [0.717, 1.165) is 0 Å². The SMILES string of the molecule is C[C@@H](NC(=O)c1cc2ccccc2c(=O)[nH]1)C(=O)O. The number of amides is 1. The third kappa shape index (κ3) is 2.62. The van der Waals surface area contributed by atoms with E-state index >= 15 is 0 Å². The van der Waals surface area contributed by atoms with Gasteiger partial charge in [0, 0.05) is 5.39 Å². The summed E-state index contributed by atoms with van der Waals surface area (Å²) in [6.07, 6.45) is 0. The van der Waals surface area contributed by atoms with Crippen LogP contribution in [0.1, 0.15) is 17.4 Å². The topological polar surface area (TPSA) is 99.3 Å². The van der Waals surface area contributed by atoms with Crippen molar-refractivity contribution < 1.29 is 14.7 Å². The fourth-order valence-corrected chi connectivity index (χ4v) is 1.67. The molecule has 2 aromatic rings. The molecule has 1 aromatic carbocycles. The maximum atomic E-state index is 11.8. The summed E-state index contributed by atoms with van der Waals surface area (Å²) in [4.78, 5) is 36.7. The van der Waals surface area contributed by atoms with Crippen LogP contribution in [0.4, 0.5) is 0 Å². The van der Waals surface area contributed by atoms with Gasteiger partial charge in [0.1, 0.15) is 11.7 Å². The molecule has 1 aromatic heterocycles. The molecule has 0 fully saturated rings. The van der Waals surface area contributed by atoms with Crippen molar-refractivity contribution in [3.63, 3.8) is 0 Å². The molecule has 0 saturated heterocycles. The van der Waals surface area contributed by atoms with Crippen molar-refractivity contribution in [1.82, 2.24) is 10.3 Å². The molecule has 1 atom stereocenters. The van der Waals surface area contributed by atoms with Crippen LogP contribution in [-0.4, -0.2) is 28.0 Å². The van der Waals surface area contributed by atoms with Gasteiger partial charge < -0.3 is 15.4 Å². The molecule has 0 aliphatic heterocycles. The highest BCUT2D eigenvalue weighted by molar-refractivity contribution is 5.97. The number of rotatable bonds is 3. The highest BCUT2D eigenvalue weighted by Gasteiger charge is 2.16. The minimum atomic E-state index is -1.14. The predicted molar refractivity (Wildman–Crippen MR) is 69.1 cm³/mol. The molecule has 6 heteroatoms. The summed E-state index contributed by atoms with van der Waals surface area (Å²) in [6, 6.07) is 7.33. The normalized spacial score (nSPS) is 12.1. The first-order valence-corrected chi connectivity index (χ1v) is 5.65. The van der Waals surface area contributed by atoms with E-state index in [-0.39, 0.29) is 11.3 Å². The molecule has 1 heterocycles. The van der Waals surface area contributed by atoms with Gasteiger partial charge in [0.15, 0.2) is 0 Å². The van der Waals surface area contributed by atoms with Crippen molar-refractivity contribution in [3.8, 4) is 0 Å². The summed E-state index contributed by atoms with van der Waals surface area (Å²) in [5.41, 5.74) is -0.344. The lowest BCUT2D eigenvalue weighted by Gasteiger charge is -2.09. The molecule has 1 amide bonds. The van der Waals surface area contributed by atoms with Crippen LogP contribution in [0.25, 0.3) is 10.8 Å². The summed E-state index contributed by atoms with van der Waals surface area (Å²) < 4.78 is 0. The lowest BCUT2D eigenvalue weighted by Crippen LogP contribution is -2.39. The van der Waals surface area contributed by atoms with Crippen LogP contribution in [-0.2, 0) is 4.79 Å². The average Bonchev–Trinajstić information content (AvgIpc) is 2.38. The number of aliphatic carboxylic acids is 1. The molecule has 0 radical (unpaired) electrons. The van der Waals surface area contributed by atoms with Crippen molar-refractivity contribution >= 4 is 22.6 Å². The van der Waals surface area contributed by atoms with Gasteiger partial charge in [-0.2, -0.15) is 0 Å². The number of benzene rings is 1. The van der Waals surface area contributed by atoms with Gasteiger partial charge in [-0.15, -0.1) is 0 Å². The number of pyridine rings is 1. The molecule has 2 rings (SSSR count). The molecular formula is C13H12N2O4. The van der Waals surface area contributed by atoms with E-state index in [0.29, 0.717) is 10.8 Å². The Kier molecular flexibility index (Phi) is 3.33. The summed E-state index contributed by atoms with van der Waals surface area (Å²) in [5, 5.41) is 12.1. The maximum absolute atomic E-state index is 11.8. The van der Waals surface area contributed by atoms with Crippen molar-refractivity contribution in [1.29, 1.82) is 0 Å². The van der Waals surface area contributed by atoms with E-state index < -0.39 is 17.9 Å².